The minimum Gasteiger partial charge on any atom is -0.504 e. The Morgan fingerprint density at radius 2 is 2.15 bits per heavy atom. The van der Waals surface area contributed by atoms with Crippen molar-refractivity contribution < 1.29 is 24.2 Å². The molecule has 2 bridgehead atoms. The van der Waals surface area contributed by atoms with E-state index in [4.69, 9.17) is 9.15 Å². The maximum Gasteiger partial charge on any atom is 0.174 e. The van der Waals surface area contributed by atoms with Gasteiger partial charge in [0.15, 0.2) is 23.4 Å². The van der Waals surface area contributed by atoms with Crippen LogP contribution in [-0.4, -0.2) is 45.2 Å². The highest BCUT2D eigenvalue weighted by atomic mass is 16.5. The van der Waals surface area contributed by atoms with Gasteiger partial charge in [0.2, 0.25) is 0 Å². The lowest BCUT2D eigenvalue weighted by Gasteiger charge is -2.62. The van der Waals surface area contributed by atoms with E-state index in [-0.39, 0.29) is 17.6 Å². The Bertz CT molecular complexity index is 954. The lowest BCUT2D eigenvalue weighted by molar-refractivity contribution is -0.189. The van der Waals surface area contributed by atoms with E-state index < -0.39 is 17.1 Å². The zero-order chi connectivity index (χ0) is 18.4. The second-order valence-corrected chi connectivity index (χ2v) is 8.38. The Kier molecular flexibility index (Phi) is 2.88. The maximum atomic E-state index is 12.8. The van der Waals surface area contributed by atoms with Crippen molar-refractivity contribution in [1.82, 2.24) is 4.90 Å². The summed E-state index contributed by atoms with van der Waals surface area (Å²) in [5, 5.41) is 22.4. The summed E-state index contributed by atoms with van der Waals surface area (Å²) in [4.78, 5) is 15.1. The third kappa shape index (κ3) is 1.71. The number of likely N-dealkylation sites (tertiary alicyclic amines) is 1. The molecule has 2 aliphatic heterocycles. The van der Waals surface area contributed by atoms with Crippen LogP contribution >= 0.6 is 0 Å². The zero-order valence-corrected chi connectivity index (χ0v) is 14.9. The standard InChI is InChI=1S/C21H21NO5/c23-14-2-1-13-9-16-21(25)5-3-15(24)19-20(21,17(13)18(14)27-19)6-7-22(16)10-12-4-8-26-11-12/h1-2,4,8,11,16,19,23,25H,3,5-7,9-10H2/t16-,19+,20+,21-/m1/s1. The van der Waals surface area contributed by atoms with Gasteiger partial charge in [-0.15, -0.1) is 0 Å². The van der Waals surface area contributed by atoms with E-state index in [1.54, 1.807) is 18.6 Å². The van der Waals surface area contributed by atoms with Gasteiger partial charge in [0.1, 0.15) is 0 Å². The van der Waals surface area contributed by atoms with Crippen LogP contribution in [0.4, 0.5) is 0 Å². The summed E-state index contributed by atoms with van der Waals surface area (Å²) < 4.78 is 11.3. The third-order valence-corrected chi connectivity index (χ3v) is 7.33. The van der Waals surface area contributed by atoms with Crippen LogP contribution in [0.1, 0.15) is 36.0 Å². The van der Waals surface area contributed by atoms with E-state index >= 15 is 0 Å². The Morgan fingerprint density at radius 3 is 2.96 bits per heavy atom. The second kappa shape index (κ2) is 4.94. The Labute approximate surface area is 156 Å². The predicted molar refractivity (Wildman–Crippen MR) is 94.6 cm³/mol. The molecule has 4 aliphatic rings. The smallest absolute Gasteiger partial charge is 0.174 e. The number of rotatable bonds is 2. The van der Waals surface area contributed by atoms with Crippen LogP contribution < -0.4 is 4.74 Å². The van der Waals surface area contributed by atoms with Crippen LogP contribution in [-0.2, 0) is 23.2 Å². The molecule has 0 unspecified atom stereocenters. The topological polar surface area (TPSA) is 83.1 Å². The number of phenolic OH excluding ortho intramolecular Hbond substituents is 1. The number of carbonyl (C=O) groups excluding carboxylic acids is 1. The van der Waals surface area contributed by atoms with E-state index in [0.717, 1.165) is 23.2 Å². The fraction of sp³-hybridized carbons (Fsp3) is 0.476. The number of hydrogen-bond donors (Lipinski definition) is 2. The first-order chi connectivity index (χ1) is 13.0. The number of furan rings is 1. The molecule has 6 nitrogen and oxygen atoms in total. The predicted octanol–water partition coefficient (Wildman–Crippen LogP) is 1.91. The average Bonchev–Trinajstić information content (AvgIpc) is 3.27. The van der Waals surface area contributed by atoms with Crippen LogP contribution in [0, 0.1) is 0 Å². The van der Waals surface area contributed by atoms with E-state index in [1.807, 2.05) is 12.1 Å². The van der Waals surface area contributed by atoms with Crippen LogP contribution in [0.25, 0.3) is 0 Å². The quantitative estimate of drug-likeness (QED) is 0.844. The highest BCUT2D eigenvalue weighted by molar-refractivity contribution is 5.90. The Morgan fingerprint density at radius 1 is 1.26 bits per heavy atom. The molecule has 1 saturated carbocycles. The van der Waals surface area contributed by atoms with Crippen LogP contribution in [0.3, 0.4) is 0 Å². The number of carbonyl (C=O) groups is 1. The second-order valence-electron chi connectivity index (χ2n) is 8.38. The number of hydrogen-bond acceptors (Lipinski definition) is 6. The van der Waals surface area contributed by atoms with Gasteiger partial charge in [0, 0.05) is 36.7 Å². The first-order valence-corrected chi connectivity index (χ1v) is 9.57. The Hall–Kier alpha value is -2.31. The van der Waals surface area contributed by atoms with Gasteiger partial charge in [0.25, 0.3) is 0 Å². The molecule has 2 N–H and O–H groups in total. The van der Waals surface area contributed by atoms with Crippen molar-refractivity contribution in [3.63, 3.8) is 0 Å². The number of aliphatic hydroxyl groups is 1. The number of Topliss-reactive ketones (excluding diaryl/α,β-unsaturated/α-hetero) is 1. The molecular formula is C21H21NO5. The van der Waals surface area contributed by atoms with Crippen molar-refractivity contribution in [2.24, 2.45) is 0 Å². The summed E-state index contributed by atoms with van der Waals surface area (Å²) in [5.74, 6) is 0.505. The number of ketones is 1. The molecule has 0 radical (unpaired) electrons. The van der Waals surface area contributed by atoms with E-state index in [0.29, 0.717) is 38.0 Å². The van der Waals surface area contributed by atoms with Gasteiger partial charge in [0.05, 0.1) is 23.5 Å². The molecule has 6 heteroatoms. The molecule has 2 aromatic rings. The van der Waals surface area contributed by atoms with Gasteiger partial charge in [-0.25, -0.2) is 0 Å². The van der Waals surface area contributed by atoms with E-state index in [2.05, 4.69) is 4.90 Å². The monoisotopic (exact) mass is 367 g/mol. The molecule has 3 heterocycles. The SMILES string of the molecule is O=C1CC[C@@]2(O)[C@H]3Cc4ccc(O)c5c4[C@@]2(CCN3Cc2ccoc2)[C@H]1O5. The molecule has 1 aromatic heterocycles. The molecule has 27 heavy (non-hydrogen) atoms. The van der Waals surface area contributed by atoms with E-state index in [9.17, 15) is 15.0 Å². The summed E-state index contributed by atoms with van der Waals surface area (Å²) in [6.45, 7) is 1.47. The zero-order valence-electron chi connectivity index (χ0n) is 14.9. The summed E-state index contributed by atoms with van der Waals surface area (Å²) in [5.41, 5.74) is 1.24. The molecule has 0 amide bonds. The van der Waals surface area contributed by atoms with Gasteiger partial charge in [-0.05, 0) is 37.0 Å². The van der Waals surface area contributed by atoms with Gasteiger partial charge in [-0.1, -0.05) is 6.07 Å². The van der Waals surface area contributed by atoms with Crippen molar-refractivity contribution in [1.29, 1.82) is 0 Å². The van der Waals surface area contributed by atoms with Gasteiger partial charge in [-0.2, -0.15) is 0 Å². The molecule has 6 rings (SSSR count). The van der Waals surface area contributed by atoms with Crippen LogP contribution in [0.2, 0.25) is 0 Å². The number of ether oxygens (including phenoxy) is 1. The first-order valence-electron chi connectivity index (χ1n) is 9.57. The van der Waals surface area contributed by atoms with Gasteiger partial charge >= 0.3 is 0 Å². The average molecular weight is 367 g/mol. The Balaban J connectivity index is 1.54. The summed E-state index contributed by atoms with van der Waals surface area (Å²) in [6.07, 6.45) is 4.78. The molecule has 2 fully saturated rings. The van der Waals surface area contributed by atoms with Gasteiger partial charge < -0.3 is 19.4 Å². The molecule has 1 saturated heterocycles. The van der Waals surface area contributed by atoms with Crippen molar-refractivity contribution in [2.45, 2.75) is 55.4 Å². The van der Waals surface area contributed by atoms with Crippen LogP contribution in [0.5, 0.6) is 11.5 Å². The summed E-state index contributed by atoms with van der Waals surface area (Å²) in [6, 6.07) is 5.43. The molecule has 1 spiro atoms. The number of benzene rings is 1. The maximum absolute atomic E-state index is 12.8. The fourth-order valence-corrected chi connectivity index (χ4v) is 6.22. The number of nitrogens with zero attached hydrogens (tertiary/aromatic N) is 1. The molecule has 4 atom stereocenters. The van der Waals surface area contributed by atoms with Crippen LogP contribution in [0.15, 0.2) is 35.1 Å². The lowest BCUT2D eigenvalue weighted by atomic mass is 9.49. The lowest BCUT2D eigenvalue weighted by Crippen LogP contribution is -2.76. The molecule has 140 valence electrons. The van der Waals surface area contributed by atoms with Crippen molar-refractivity contribution >= 4 is 5.78 Å². The fourth-order valence-electron chi connectivity index (χ4n) is 6.22. The van der Waals surface area contributed by atoms with Gasteiger partial charge in [-0.3, -0.25) is 9.69 Å². The highest BCUT2D eigenvalue weighted by Crippen LogP contribution is 2.64. The van der Waals surface area contributed by atoms with Crippen molar-refractivity contribution in [3.8, 4) is 11.5 Å². The highest BCUT2D eigenvalue weighted by Gasteiger charge is 2.73. The first kappa shape index (κ1) is 15.7. The normalized spacial score (nSPS) is 36.4. The molecular weight excluding hydrogens is 346 g/mol. The third-order valence-electron chi connectivity index (χ3n) is 7.33. The summed E-state index contributed by atoms with van der Waals surface area (Å²) in [7, 11) is 0. The van der Waals surface area contributed by atoms with E-state index in [1.165, 1.54) is 0 Å². The number of piperidine rings is 1. The largest absolute Gasteiger partial charge is 0.504 e. The van der Waals surface area contributed by atoms with Crippen molar-refractivity contribution in [2.75, 3.05) is 6.54 Å². The van der Waals surface area contributed by atoms with Crippen molar-refractivity contribution in [3.05, 3.63) is 47.4 Å². The number of phenols is 1. The number of aromatic hydroxyl groups is 1. The molecule has 2 aliphatic carbocycles. The molecule has 1 aromatic carbocycles. The minimum atomic E-state index is -1.04. The minimum absolute atomic E-state index is 0.0326. The summed E-state index contributed by atoms with van der Waals surface area (Å²) >= 11 is 0.